The van der Waals surface area contributed by atoms with E-state index in [0.29, 0.717) is 38.0 Å². The zero-order chi connectivity index (χ0) is 17.8. The Morgan fingerprint density at radius 1 is 1.24 bits per heavy atom. The SMILES string of the molecule is CC(C)(O)CSc1nc2c3ccc(F)cc3c3c(=O)[nH]ccc3c2[nH]1. The average Bonchev–Trinajstić information content (AvgIpc) is 2.97. The highest BCUT2D eigenvalue weighted by Gasteiger charge is 2.18. The molecule has 0 saturated carbocycles. The highest BCUT2D eigenvalue weighted by Crippen LogP contribution is 2.34. The van der Waals surface area contributed by atoms with Crippen molar-refractivity contribution in [3.8, 4) is 0 Å². The van der Waals surface area contributed by atoms with Crippen LogP contribution < -0.4 is 5.56 Å². The zero-order valence-corrected chi connectivity index (χ0v) is 14.5. The molecule has 0 bridgehead atoms. The number of aromatic nitrogens is 3. The van der Waals surface area contributed by atoms with Gasteiger partial charge in [-0.25, -0.2) is 9.37 Å². The second-order valence-corrected chi connectivity index (χ2v) is 7.62. The van der Waals surface area contributed by atoms with Crippen LogP contribution in [0.25, 0.3) is 32.6 Å². The Balaban J connectivity index is 2.07. The number of hydrogen-bond acceptors (Lipinski definition) is 4. The van der Waals surface area contributed by atoms with Gasteiger partial charge < -0.3 is 15.1 Å². The molecule has 0 fully saturated rings. The first-order chi connectivity index (χ1) is 11.8. The number of nitrogens with one attached hydrogen (secondary N) is 2. The molecule has 7 heteroatoms. The minimum absolute atomic E-state index is 0.268. The number of rotatable bonds is 3. The maximum absolute atomic E-state index is 13.8. The fourth-order valence-electron chi connectivity index (χ4n) is 2.94. The third kappa shape index (κ3) is 2.79. The van der Waals surface area contributed by atoms with Crippen LogP contribution >= 0.6 is 11.8 Å². The lowest BCUT2D eigenvalue weighted by Gasteiger charge is -2.14. The molecule has 0 aliphatic rings. The number of halogens is 1. The Morgan fingerprint density at radius 2 is 2.04 bits per heavy atom. The van der Waals surface area contributed by atoms with Gasteiger partial charge in [-0.05, 0) is 38.1 Å². The molecule has 0 aliphatic heterocycles. The van der Waals surface area contributed by atoms with Crippen molar-refractivity contribution in [1.82, 2.24) is 15.0 Å². The lowest BCUT2D eigenvalue weighted by atomic mass is 10.0. The Labute approximate surface area is 146 Å². The van der Waals surface area contributed by atoms with Gasteiger partial charge in [0, 0.05) is 28.1 Å². The number of benzene rings is 2. The van der Waals surface area contributed by atoms with Crippen molar-refractivity contribution < 1.29 is 9.50 Å². The third-order valence-corrected chi connectivity index (χ3v) is 5.30. The number of thioether (sulfide) groups is 1. The van der Waals surface area contributed by atoms with Gasteiger partial charge >= 0.3 is 0 Å². The van der Waals surface area contributed by atoms with Crippen LogP contribution in [0.1, 0.15) is 13.8 Å². The van der Waals surface area contributed by atoms with Crippen LogP contribution in [-0.2, 0) is 0 Å². The molecule has 0 radical (unpaired) electrons. The van der Waals surface area contributed by atoms with E-state index >= 15 is 0 Å². The summed E-state index contributed by atoms with van der Waals surface area (Å²) >= 11 is 1.40. The van der Waals surface area contributed by atoms with Gasteiger partial charge in [0.25, 0.3) is 5.56 Å². The first-order valence-corrected chi connectivity index (χ1v) is 8.79. The fourth-order valence-corrected chi connectivity index (χ4v) is 3.76. The molecule has 2 aromatic carbocycles. The van der Waals surface area contributed by atoms with Crippen LogP contribution in [0.3, 0.4) is 0 Å². The summed E-state index contributed by atoms with van der Waals surface area (Å²) in [7, 11) is 0. The lowest BCUT2D eigenvalue weighted by molar-refractivity contribution is 0.107. The van der Waals surface area contributed by atoms with Gasteiger partial charge in [0.1, 0.15) is 5.82 Å². The first-order valence-electron chi connectivity index (χ1n) is 7.81. The van der Waals surface area contributed by atoms with Crippen molar-refractivity contribution >= 4 is 44.3 Å². The van der Waals surface area contributed by atoms with Crippen molar-refractivity contribution in [3.63, 3.8) is 0 Å². The summed E-state index contributed by atoms with van der Waals surface area (Å²) in [4.78, 5) is 22.9. The Bertz CT molecular complexity index is 1170. The van der Waals surface area contributed by atoms with E-state index in [-0.39, 0.29) is 5.56 Å². The molecule has 2 aromatic heterocycles. The maximum Gasteiger partial charge on any atom is 0.256 e. The molecule has 3 N–H and O–H groups in total. The normalized spacial score (nSPS) is 12.5. The van der Waals surface area contributed by atoms with Crippen LogP contribution in [0.15, 0.2) is 40.4 Å². The third-order valence-electron chi connectivity index (χ3n) is 3.98. The second kappa shape index (κ2) is 5.57. The van der Waals surface area contributed by atoms with E-state index in [1.54, 1.807) is 32.2 Å². The summed E-state index contributed by atoms with van der Waals surface area (Å²) < 4.78 is 13.8. The topological polar surface area (TPSA) is 81.8 Å². The zero-order valence-electron chi connectivity index (χ0n) is 13.7. The number of aliphatic hydroxyl groups is 1. The largest absolute Gasteiger partial charge is 0.390 e. The fraction of sp³-hybridized carbons (Fsp3) is 0.222. The van der Waals surface area contributed by atoms with E-state index in [4.69, 9.17) is 0 Å². The summed E-state index contributed by atoms with van der Waals surface area (Å²) in [6, 6.07) is 6.16. The Kier molecular flexibility index (Phi) is 3.59. The molecule has 0 unspecified atom stereocenters. The molecule has 25 heavy (non-hydrogen) atoms. The minimum atomic E-state index is -0.825. The predicted molar refractivity (Wildman–Crippen MR) is 98.7 cm³/mol. The van der Waals surface area contributed by atoms with Crippen molar-refractivity contribution in [2.45, 2.75) is 24.6 Å². The Morgan fingerprint density at radius 3 is 2.80 bits per heavy atom. The molecule has 5 nitrogen and oxygen atoms in total. The van der Waals surface area contributed by atoms with E-state index in [1.165, 1.54) is 23.9 Å². The standard InChI is InChI=1S/C18H16FN3O2S/c1-18(2,24)8-25-17-21-14-10-4-3-9(19)7-12(10)13-11(15(14)22-17)5-6-20-16(13)23/h3-7,24H,8H2,1-2H3,(H,20,23)(H,21,22). The molecular formula is C18H16FN3O2S. The lowest BCUT2D eigenvalue weighted by Crippen LogP contribution is -2.21. The van der Waals surface area contributed by atoms with Crippen molar-refractivity contribution in [2.24, 2.45) is 0 Å². The molecule has 0 atom stereocenters. The number of nitrogens with zero attached hydrogens (tertiary/aromatic N) is 1. The van der Waals surface area contributed by atoms with Gasteiger partial charge in [0.05, 0.1) is 22.0 Å². The summed E-state index contributed by atoms with van der Waals surface area (Å²) in [6.07, 6.45) is 1.57. The van der Waals surface area contributed by atoms with Crippen molar-refractivity contribution in [3.05, 3.63) is 46.6 Å². The molecule has 4 rings (SSSR count). The maximum atomic E-state index is 13.8. The number of H-pyrrole nitrogens is 2. The molecule has 0 spiro atoms. The number of fused-ring (bicyclic) bond motifs is 6. The monoisotopic (exact) mass is 357 g/mol. The van der Waals surface area contributed by atoms with Crippen molar-refractivity contribution in [1.29, 1.82) is 0 Å². The molecule has 2 heterocycles. The average molecular weight is 357 g/mol. The first kappa shape index (κ1) is 16.1. The van der Waals surface area contributed by atoms with Crippen LogP contribution in [0, 0.1) is 5.82 Å². The minimum Gasteiger partial charge on any atom is -0.390 e. The van der Waals surface area contributed by atoms with Crippen LogP contribution in [-0.4, -0.2) is 31.4 Å². The van der Waals surface area contributed by atoms with Crippen molar-refractivity contribution in [2.75, 3.05) is 5.75 Å². The summed E-state index contributed by atoms with van der Waals surface area (Å²) in [6.45, 7) is 3.46. The highest BCUT2D eigenvalue weighted by atomic mass is 32.2. The summed E-state index contributed by atoms with van der Waals surface area (Å²) in [5.74, 6) is 0.0707. The summed E-state index contributed by atoms with van der Waals surface area (Å²) in [5.41, 5.74) is 0.328. The van der Waals surface area contributed by atoms with E-state index < -0.39 is 11.4 Å². The van der Waals surface area contributed by atoms with Gasteiger partial charge in [0.15, 0.2) is 5.16 Å². The van der Waals surface area contributed by atoms with Gasteiger partial charge in [-0.1, -0.05) is 11.8 Å². The van der Waals surface area contributed by atoms with E-state index in [0.717, 1.165) is 5.52 Å². The number of imidazole rings is 1. The van der Waals surface area contributed by atoms with E-state index in [1.807, 2.05) is 0 Å². The smallest absolute Gasteiger partial charge is 0.256 e. The summed E-state index contributed by atoms with van der Waals surface area (Å²) in [5, 5.41) is 12.9. The quantitative estimate of drug-likeness (QED) is 0.387. The predicted octanol–water partition coefficient (Wildman–Crippen LogP) is 3.56. The Hall–Kier alpha value is -2.38. The number of hydrogen-bond donors (Lipinski definition) is 3. The van der Waals surface area contributed by atoms with Gasteiger partial charge in [-0.15, -0.1) is 0 Å². The van der Waals surface area contributed by atoms with Crippen LogP contribution in [0.4, 0.5) is 4.39 Å². The molecule has 4 aromatic rings. The molecule has 0 saturated heterocycles. The molecule has 128 valence electrons. The second-order valence-electron chi connectivity index (χ2n) is 6.65. The van der Waals surface area contributed by atoms with E-state index in [9.17, 15) is 14.3 Å². The number of pyridine rings is 1. The van der Waals surface area contributed by atoms with Gasteiger partial charge in [-0.2, -0.15) is 0 Å². The van der Waals surface area contributed by atoms with Crippen LogP contribution in [0.2, 0.25) is 0 Å². The molecule has 0 aliphatic carbocycles. The number of aromatic amines is 2. The molecular weight excluding hydrogens is 341 g/mol. The van der Waals surface area contributed by atoms with Gasteiger partial charge in [-0.3, -0.25) is 4.79 Å². The van der Waals surface area contributed by atoms with Crippen LogP contribution in [0.5, 0.6) is 0 Å². The highest BCUT2D eigenvalue weighted by molar-refractivity contribution is 7.99. The van der Waals surface area contributed by atoms with E-state index in [2.05, 4.69) is 15.0 Å². The van der Waals surface area contributed by atoms with Gasteiger partial charge in [0.2, 0.25) is 0 Å². The molecule has 0 amide bonds.